The van der Waals surface area contributed by atoms with E-state index in [1.165, 1.54) is 42.7 Å². The molecule has 0 N–H and O–H groups in total. The van der Waals surface area contributed by atoms with Gasteiger partial charge in [-0.25, -0.2) is 12.7 Å². The summed E-state index contributed by atoms with van der Waals surface area (Å²) in [4.78, 5) is 0. The van der Waals surface area contributed by atoms with Crippen LogP contribution in [0.5, 0.6) is 0 Å². The minimum Gasteiger partial charge on any atom is -0.213 e. The van der Waals surface area contributed by atoms with Crippen LogP contribution in [-0.2, 0) is 10.0 Å². The highest BCUT2D eigenvalue weighted by Gasteiger charge is 2.16. The lowest BCUT2D eigenvalue weighted by Gasteiger charge is -2.23. The van der Waals surface area contributed by atoms with E-state index in [9.17, 15) is 8.42 Å². The van der Waals surface area contributed by atoms with Gasteiger partial charge in [0.1, 0.15) is 0 Å². The second-order valence-corrected chi connectivity index (χ2v) is 6.47. The summed E-state index contributed by atoms with van der Waals surface area (Å²) in [6.07, 6.45) is 8.89. The Hall–Kier alpha value is -0.0900. The Bertz CT molecular complexity index is 255. The predicted molar refractivity (Wildman–Crippen MR) is 58.7 cm³/mol. The van der Waals surface area contributed by atoms with Gasteiger partial charge in [-0.15, -0.1) is 0 Å². The fraction of sp³-hybridized carbons (Fsp3) is 1.00. The highest BCUT2D eigenvalue weighted by atomic mass is 32.2. The molecule has 4 heteroatoms. The molecule has 0 saturated heterocycles. The average Bonchev–Trinajstić information content (AvgIpc) is 2.14. The molecule has 3 nitrogen and oxygen atoms in total. The summed E-state index contributed by atoms with van der Waals surface area (Å²) in [5.74, 6) is 0.757. The SMILES string of the molecule is CN(CCC1CCCCC1)S(C)(=O)=O. The summed E-state index contributed by atoms with van der Waals surface area (Å²) in [5, 5.41) is 0. The van der Waals surface area contributed by atoms with Crippen molar-refractivity contribution in [3.8, 4) is 0 Å². The van der Waals surface area contributed by atoms with E-state index in [1.54, 1.807) is 7.05 Å². The van der Waals surface area contributed by atoms with E-state index in [0.29, 0.717) is 6.54 Å². The van der Waals surface area contributed by atoms with Gasteiger partial charge in [0.05, 0.1) is 6.26 Å². The fourth-order valence-electron chi connectivity index (χ4n) is 2.01. The zero-order valence-electron chi connectivity index (χ0n) is 9.20. The van der Waals surface area contributed by atoms with Crippen molar-refractivity contribution in [1.29, 1.82) is 0 Å². The van der Waals surface area contributed by atoms with Gasteiger partial charge in [0.15, 0.2) is 0 Å². The fourth-order valence-corrected chi connectivity index (χ4v) is 2.44. The quantitative estimate of drug-likeness (QED) is 0.723. The van der Waals surface area contributed by atoms with Crippen molar-refractivity contribution < 1.29 is 8.42 Å². The average molecular weight is 219 g/mol. The highest BCUT2D eigenvalue weighted by Crippen LogP contribution is 2.26. The highest BCUT2D eigenvalue weighted by molar-refractivity contribution is 7.88. The van der Waals surface area contributed by atoms with Gasteiger partial charge in [-0.1, -0.05) is 32.1 Å². The zero-order chi connectivity index (χ0) is 10.6. The van der Waals surface area contributed by atoms with Crippen molar-refractivity contribution in [3.05, 3.63) is 0 Å². The van der Waals surface area contributed by atoms with Gasteiger partial charge in [0.2, 0.25) is 10.0 Å². The molecule has 14 heavy (non-hydrogen) atoms. The van der Waals surface area contributed by atoms with Crippen LogP contribution >= 0.6 is 0 Å². The summed E-state index contributed by atoms with van der Waals surface area (Å²) in [6, 6.07) is 0. The van der Waals surface area contributed by atoms with Crippen molar-refractivity contribution in [1.82, 2.24) is 4.31 Å². The van der Waals surface area contributed by atoms with E-state index in [0.717, 1.165) is 12.3 Å². The monoisotopic (exact) mass is 219 g/mol. The van der Waals surface area contributed by atoms with Crippen molar-refractivity contribution >= 4 is 10.0 Å². The Morgan fingerprint density at radius 1 is 1.21 bits per heavy atom. The number of hydrogen-bond donors (Lipinski definition) is 0. The third-order valence-corrected chi connectivity index (χ3v) is 4.46. The summed E-state index contributed by atoms with van der Waals surface area (Å²) in [5.41, 5.74) is 0. The standard InChI is InChI=1S/C10H21NO2S/c1-11(14(2,12)13)9-8-10-6-4-3-5-7-10/h10H,3-9H2,1-2H3. The van der Waals surface area contributed by atoms with Crippen LogP contribution in [0.15, 0.2) is 0 Å². The molecule has 1 aliphatic rings. The second-order valence-electron chi connectivity index (χ2n) is 4.38. The smallest absolute Gasteiger partial charge is 0.210 e. The molecule has 0 atom stereocenters. The van der Waals surface area contributed by atoms with Gasteiger partial charge in [0, 0.05) is 13.6 Å². The zero-order valence-corrected chi connectivity index (χ0v) is 10.0. The molecule has 84 valence electrons. The Balaban J connectivity index is 2.25. The maximum absolute atomic E-state index is 11.1. The minimum absolute atomic E-state index is 0.684. The Kier molecular flexibility index (Phi) is 4.38. The topological polar surface area (TPSA) is 37.4 Å². The van der Waals surface area contributed by atoms with Crippen molar-refractivity contribution in [2.45, 2.75) is 38.5 Å². The summed E-state index contributed by atoms with van der Waals surface area (Å²) in [7, 11) is -1.31. The molecule has 0 aliphatic heterocycles. The molecule has 0 aromatic rings. The maximum atomic E-state index is 11.1. The van der Waals surface area contributed by atoms with Crippen molar-refractivity contribution in [2.75, 3.05) is 19.8 Å². The largest absolute Gasteiger partial charge is 0.213 e. The van der Waals surface area contributed by atoms with Crippen LogP contribution in [0.1, 0.15) is 38.5 Å². The molecule has 0 unspecified atom stereocenters. The molecule has 1 aliphatic carbocycles. The van der Waals surface area contributed by atoms with Crippen molar-refractivity contribution in [2.24, 2.45) is 5.92 Å². The van der Waals surface area contributed by atoms with Gasteiger partial charge >= 0.3 is 0 Å². The van der Waals surface area contributed by atoms with Crippen LogP contribution in [-0.4, -0.2) is 32.6 Å². The first kappa shape index (κ1) is 12.0. The molecule has 0 radical (unpaired) electrons. The predicted octanol–water partition coefficient (Wildman–Crippen LogP) is 1.85. The third kappa shape index (κ3) is 3.96. The Morgan fingerprint density at radius 2 is 1.79 bits per heavy atom. The second kappa shape index (κ2) is 5.12. The van der Waals surface area contributed by atoms with Gasteiger partial charge < -0.3 is 0 Å². The lowest BCUT2D eigenvalue weighted by atomic mass is 9.87. The number of nitrogens with zero attached hydrogens (tertiary/aromatic N) is 1. The first-order valence-corrected chi connectivity index (χ1v) is 7.26. The van der Waals surface area contributed by atoms with E-state index >= 15 is 0 Å². The van der Waals surface area contributed by atoms with Crippen LogP contribution in [0, 0.1) is 5.92 Å². The van der Waals surface area contributed by atoms with E-state index in [-0.39, 0.29) is 0 Å². The molecule has 0 aromatic heterocycles. The van der Waals surface area contributed by atoms with Gasteiger partial charge in [-0.3, -0.25) is 0 Å². The first-order valence-electron chi connectivity index (χ1n) is 5.41. The molecule has 1 fully saturated rings. The van der Waals surface area contributed by atoms with E-state index in [2.05, 4.69) is 0 Å². The molecule has 0 heterocycles. The molecule has 0 bridgehead atoms. The lowest BCUT2D eigenvalue weighted by molar-refractivity contribution is 0.314. The van der Waals surface area contributed by atoms with Crippen LogP contribution in [0.25, 0.3) is 0 Å². The summed E-state index contributed by atoms with van der Waals surface area (Å²) >= 11 is 0. The Labute approximate surface area is 87.5 Å². The normalized spacial score (nSPS) is 20.2. The molecule has 1 saturated carbocycles. The van der Waals surface area contributed by atoms with Crippen LogP contribution in [0.3, 0.4) is 0 Å². The van der Waals surface area contributed by atoms with E-state index in [4.69, 9.17) is 0 Å². The Morgan fingerprint density at radius 3 is 2.29 bits per heavy atom. The molecule has 0 amide bonds. The molecule has 1 rings (SSSR count). The van der Waals surface area contributed by atoms with E-state index in [1.807, 2.05) is 0 Å². The molecule has 0 aromatic carbocycles. The number of rotatable bonds is 4. The van der Waals surface area contributed by atoms with E-state index < -0.39 is 10.0 Å². The molecular weight excluding hydrogens is 198 g/mol. The lowest BCUT2D eigenvalue weighted by Crippen LogP contribution is -2.28. The summed E-state index contributed by atoms with van der Waals surface area (Å²) in [6.45, 7) is 0.684. The van der Waals surface area contributed by atoms with Gasteiger partial charge in [-0.05, 0) is 12.3 Å². The molecular formula is C10H21NO2S. The van der Waals surface area contributed by atoms with Crippen LogP contribution in [0.2, 0.25) is 0 Å². The van der Waals surface area contributed by atoms with Crippen LogP contribution in [0.4, 0.5) is 0 Å². The van der Waals surface area contributed by atoms with Gasteiger partial charge in [-0.2, -0.15) is 0 Å². The van der Waals surface area contributed by atoms with Crippen LogP contribution < -0.4 is 0 Å². The molecule has 0 spiro atoms. The number of sulfonamides is 1. The van der Waals surface area contributed by atoms with Crippen molar-refractivity contribution in [3.63, 3.8) is 0 Å². The first-order chi connectivity index (χ1) is 6.50. The number of hydrogen-bond acceptors (Lipinski definition) is 2. The van der Waals surface area contributed by atoms with Gasteiger partial charge in [0.25, 0.3) is 0 Å². The minimum atomic E-state index is -2.97. The maximum Gasteiger partial charge on any atom is 0.210 e. The summed E-state index contributed by atoms with van der Waals surface area (Å²) < 4.78 is 23.7. The third-order valence-electron chi connectivity index (χ3n) is 3.14.